The fraction of sp³-hybridized carbons (Fsp3) is 0.500. The largest absolute Gasteiger partial charge is 0.393 e. The molecule has 1 fully saturated rings. The van der Waals surface area contributed by atoms with Crippen LogP contribution in [0.1, 0.15) is 35.1 Å². The minimum atomic E-state index is -0.0701. The lowest BCUT2D eigenvalue weighted by Gasteiger charge is -2.19. The van der Waals surface area contributed by atoms with Crippen LogP contribution in [-0.2, 0) is 6.42 Å². The van der Waals surface area contributed by atoms with Gasteiger partial charge in [0.25, 0.3) is 0 Å². The average molecular weight is 307 g/mol. The topological polar surface area (TPSA) is 32.3 Å². The van der Waals surface area contributed by atoms with Gasteiger partial charge in [-0.1, -0.05) is 12.1 Å². The zero-order chi connectivity index (χ0) is 13.8. The molecular formula is C16H21NOS2. The highest BCUT2D eigenvalue weighted by molar-refractivity contribution is 7.10. The predicted molar refractivity (Wildman–Crippen MR) is 86.4 cm³/mol. The molecule has 1 saturated carbocycles. The Bertz CT molecular complexity index is 495. The molecule has 4 heteroatoms. The van der Waals surface area contributed by atoms with Crippen molar-refractivity contribution in [1.29, 1.82) is 0 Å². The van der Waals surface area contributed by atoms with Crippen LogP contribution in [0, 0.1) is 5.92 Å². The number of aliphatic hydroxyl groups excluding tert-OH is 1. The van der Waals surface area contributed by atoms with Gasteiger partial charge in [-0.05, 0) is 54.6 Å². The van der Waals surface area contributed by atoms with E-state index in [1.807, 2.05) is 22.7 Å². The van der Waals surface area contributed by atoms with E-state index in [9.17, 15) is 5.11 Å². The van der Waals surface area contributed by atoms with Gasteiger partial charge in [-0.3, -0.25) is 0 Å². The first-order chi connectivity index (χ1) is 9.81. The summed E-state index contributed by atoms with van der Waals surface area (Å²) in [5.41, 5.74) is 0. The van der Waals surface area contributed by atoms with Crippen LogP contribution in [0.2, 0.25) is 0 Å². The Kier molecular flexibility index (Phi) is 4.89. The van der Waals surface area contributed by atoms with E-state index in [0.717, 1.165) is 32.2 Å². The van der Waals surface area contributed by atoms with E-state index in [2.05, 4.69) is 40.3 Å². The van der Waals surface area contributed by atoms with E-state index in [1.54, 1.807) is 0 Å². The lowest BCUT2D eigenvalue weighted by Crippen LogP contribution is -2.27. The van der Waals surface area contributed by atoms with Crippen molar-refractivity contribution >= 4 is 22.7 Å². The minimum Gasteiger partial charge on any atom is -0.393 e. The van der Waals surface area contributed by atoms with E-state index < -0.39 is 0 Å². The average Bonchev–Trinajstić information content (AvgIpc) is 3.17. The van der Waals surface area contributed by atoms with Gasteiger partial charge < -0.3 is 10.4 Å². The lowest BCUT2D eigenvalue weighted by molar-refractivity contribution is 0.177. The van der Waals surface area contributed by atoms with Gasteiger partial charge in [-0.2, -0.15) is 0 Å². The molecule has 1 aliphatic rings. The van der Waals surface area contributed by atoms with Crippen molar-refractivity contribution in [3.8, 4) is 0 Å². The third kappa shape index (κ3) is 3.70. The van der Waals surface area contributed by atoms with Crippen molar-refractivity contribution in [2.75, 3.05) is 6.54 Å². The molecular weight excluding hydrogens is 286 g/mol. The molecule has 3 rings (SSSR count). The Balaban J connectivity index is 1.60. The monoisotopic (exact) mass is 307 g/mol. The lowest BCUT2D eigenvalue weighted by atomic mass is 10.1. The summed E-state index contributed by atoms with van der Waals surface area (Å²) in [6.45, 7) is 1.02. The number of hydrogen-bond acceptors (Lipinski definition) is 4. The van der Waals surface area contributed by atoms with E-state index >= 15 is 0 Å². The van der Waals surface area contributed by atoms with Gasteiger partial charge >= 0.3 is 0 Å². The molecule has 2 aromatic rings. The van der Waals surface area contributed by atoms with Crippen LogP contribution >= 0.6 is 22.7 Å². The Hall–Kier alpha value is -0.680. The first-order valence-electron chi connectivity index (χ1n) is 7.28. The summed E-state index contributed by atoms with van der Waals surface area (Å²) in [5.74, 6) is 0.635. The third-order valence-electron chi connectivity index (χ3n) is 4.04. The number of nitrogens with one attached hydrogen (secondary N) is 1. The van der Waals surface area contributed by atoms with Crippen molar-refractivity contribution in [3.63, 3.8) is 0 Å². The molecule has 2 N–H and O–H groups in total. The Morgan fingerprint density at radius 1 is 1.20 bits per heavy atom. The first-order valence-corrected chi connectivity index (χ1v) is 9.04. The molecule has 2 nitrogen and oxygen atoms in total. The summed E-state index contributed by atoms with van der Waals surface area (Å²) in [4.78, 5) is 2.85. The second kappa shape index (κ2) is 6.85. The highest BCUT2D eigenvalue weighted by atomic mass is 32.1. The van der Waals surface area contributed by atoms with Gasteiger partial charge in [0, 0.05) is 22.2 Å². The van der Waals surface area contributed by atoms with Crippen LogP contribution in [0.15, 0.2) is 35.0 Å². The van der Waals surface area contributed by atoms with E-state index in [-0.39, 0.29) is 6.10 Å². The SMILES string of the molecule is OC1CCC(CNC(Cc2cccs2)c2cccs2)C1. The fourth-order valence-electron chi connectivity index (χ4n) is 2.94. The van der Waals surface area contributed by atoms with Gasteiger partial charge in [0.2, 0.25) is 0 Å². The molecule has 1 aliphatic carbocycles. The summed E-state index contributed by atoms with van der Waals surface area (Å²) >= 11 is 3.66. The molecule has 0 spiro atoms. The number of thiophene rings is 2. The Labute approximate surface area is 128 Å². The van der Waals surface area contributed by atoms with Crippen molar-refractivity contribution < 1.29 is 5.11 Å². The molecule has 3 unspecified atom stereocenters. The van der Waals surface area contributed by atoms with Crippen molar-refractivity contribution in [2.45, 2.75) is 37.8 Å². The summed E-state index contributed by atoms with van der Waals surface area (Å²) in [6, 6.07) is 9.10. The zero-order valence-corrected chi connectivity index (χ0v) is 13.1. The molecule has 20 heavy (non-hydrogen) atoms. The van der Waals surface area contributed by atoms with Gasteiger partial charge in [0.05, 0.1) is 6.10 Å². The predicted octanol–water partition coefficient (Wildman–Crippen LogP) is 3.84. The first kappa shape index (κ1) is 14.3. The van der Waals surface area contributed by atoms with Crippen LogP contribution in [0.5, 0.6) is 0 Å². The van der Waals surface area contributed by atoms with E-state index in [0.29, 0.717) is 12.0 Å². The molecule has 0 amide bonds. The van der Waals surface area contributed by atoms with Crippen LogP contribution in [0.4, 0.5) is 0 Å². The molecule has 108 valence electrons. The minimum absolute atomic E-state index is 0.0701. The molecule has 2 heterocycles. The smallest absolute Gasteiger partial charge is 0.0543 e. The number of aliphatic hydroxyl groups is 1. The molecule has 2 aromatic heterocycles. The summed E-state index contributed by atoms with van der Waals surface area (Å²) < 4.78 is 0. The quantitative estimate of drug-likeness (QED) is 0.850. The van der Waals surface area contributed by atoms with Crippen molar-refractivity contribution in [3.05, 3.63) is 44.8 Å². The summed E-state index contributed by atoms with van der Waals surface area (Å²) in [6.07, 6.45) is 4.08. The molecule has 0 bridgehead atoms. The van der Waals surface area contributed by atoms with Gasteiger partial charge in [-0.25, -0.2) is 0 Å². The fourth-order valence-corrected chi connectivity index (χ4v) is 4.49. The third-order valence-corrected chi connectivity index (χ3v) is 5.92. The molecule has 0 aliphatic heterocycles. The zero-order valence-electron chi connectivity index (χ0n) is 11.5. The van der Waals surface area contributed by atoms with Crippen LogP contribution in [0.3, 0.4) is 0 Å². The highest BCUT2D eigenvalue weighted by Crippen LogP contribution is 2.28. The molecule has 0 saturated heterocycles. The molecule has 3 atom stereocenters. The Morgan fingerprint density at radius 3 is 2.70 bits per heavy atom. The maximum absolute atomic E-state index is 9.63. The highest BCUT2D eigenvalue weighted by Gasteiger charge is 2.24. The summed E-state index contributed by atoms with van der Waals surface area (Å²) in [7, 11) is 0. The Morgan fingerprint density at radius 2 is 2.05 bits per heavy atom. The van der Waals surface area contributed by atoms with Crippen molar-refractivity contribution in [1.82, 2.24) is 5.32 Å². The normalized spacial score (nSPS) is 24.1. The second-order valence-electron chi connectivity index (χ2n) is 5.59. The molecule has 0 radical (unpaired) electrons. The van der Waals surface area contributed by atoms with Crippen LogP contribution < -0.4 is 5.32 Å². The van der Waals surface area contributed by atoms with Gasteiger partial charge in [0.15, 0.2) is 0 Å². The maximum Gasteiger partial charge on any atom is 0.0543 e. The van der Waals surface area contributed by atoms with Crippen LogP contribution in [0.25, 0.3) is 0 Å². The van der Waals surface area contributed by atoms with E-state index in [1.165, 1.54) is 9.75 Å². The van der Waals surface area contributed by atoms with Crippen LogP contribution in [-0.4, -0.2) is 17.8 Å². The van der Waals surface area contributed by atoms with Gasteiger partial charge in [-0.15, -0.1) is 22.7 Å². The number of hydrogen-bond donors (Lipinski definition) is 2. The maximum atomic E-state index is 9.63. The summed E-state index contributed by atoms with van der Waals surface area (Å²) in [5, 5.41) is 17.7. The molecule has 0 aromatic carbocycles. The van der Waals surface area contributed by atoms with Crippen molar-refractivity contribution in [2.24, 2.45) is 5.92 Å². The standard InChI is InChI=1S/C16H21NOS2/c18-13-6-5-12(9-13)11-17-15(16-4-2-8-20-16)10-14-3-1-7-19-14/h1-4,7-8,12-13,15,17-18H,5-6,9-11H2. The van der Waals surface area contributed by atoms with E-state index in [4.69, 9.17) is 0 Å². The second-order valence-corrected chi connectivity index (χ2v) is 7.60. The number of rotatable bonds is 6. The van der Waals surface area contributed by atoms with Gasteiger partial charge in [0.1, 0.15) is 0 Å².